The summed E-state index contributed by atoms with van der Waals surface area (Å²) in [5.41, 5.74) is 0.795. The van der Waals surface area contributed by atoms with Crippen molar-refractivity contribution in [3.63, 3.8) is 0 Å². The predicted octanol–water partition coefficient (Wildman–Crippen LogP) is 2.23. The number of hydrogen-bond acceptors (Lipinski definition) is 6. The van der Waals surface area contributed by atoms with Crippen LogP contribution < -0.4 is 5.32 Å². The molecule has 27 heavy (non-hydrogen) atoms. The molecule has 0 aromatic heterocycles. The van der Waals surface area contributed by atoms with Gasteiger partial charge in [-0.25, -0.2) is 8.42 Å². The minimum Gasteiger partial charge on any atom is -0.352 e. The fourth-order valence-electron chi connectivity index (χ4n) is 2.86. The van der Waals surface area contributed by atoms with Crippen LogP contribution >= 0.6 is 35.6 Å². The number of carbonyl (C=O) groups is 2. The maximum Gasteiger partial charge on any atom is 0.266 e. The van der Waals surface area contributed by atoms with E-state index in [4.69, 9.17) is 23.8 Å². The molecule has 0 saturated carbocycles. The minimum atomic E-state index is -3.05. The Morgan fingerprint density at radius 1 is 1.44 bits per heavy atom. The van der Waals surface area contributed by atoms with Crippen LogP contribution in [0.1, 0.15) is 18.4 Å². The van der Waals surface area contributed by atoms with Crippen molar-refractivity contribution in [2.24, 2.45) is 0 Å². The van der Waals surface area contributed by atoms with E-state index in [0.717, 1.165) is 5.56 Å². The molecule has 144 valence electrons. The molecular weight excluding hydrogens is 428 g/mol. The molecule has 2 fully saturated rings. The van der Waals surface area contributed by atoms with Gasteiger partial charge in [0.05, 0.1) is 16.4 Å². The number of halogens is 1. The molecule has 0 spiro atoms. The molecular formula is C17H17ClN2O4S3. The molecule has 2 heterocycles. The maximum absolute atomic E-state index is 12.6. The van der Waals surface area contributed by atoms with Gasteiger partial charge in [-0.15, -0.1) is 0 Å². The molecule has 0 bridgehead atoms. The monoisotopic (exact) mass is 444 g/mol. The van der Waals surface area contributed by atoms with Crippen LogP contribution in [-0.2, 0) is 19.4 Å². The molecule has 0 aliphatic carbocycles. The topological polar surface area (TPSA) is 83.6 Å². The first-order valence-corrected chi connectivity index (χ1v) is 11.7. The Balaban J connectivity index is 1.57. The summed E-state index contributed by atoms with van der Waals surface area (Å²) < 4.78 is 23.3. The number of thioether (sulfide) groups is 1. The van der Waals surface area contributed by atoms with E-state index in [2.05, 4.69) is 5.32 Å². The van der Waals surface area contributed by atoms with Crippen LogP contribution in [0.4, 0.5) is 0 Å². The molecule has 10 heteroatoms. The number of benzene rings is 1. The lowest BCUT2D eigenvalue weighted by Crippen LogP contribution is -2.38. The highest BCUT2D eigenvalue weighted by Gasteiger charge is 2.33. The van der Waals surface area contributed by atoms with Gasteiger partial charge in [0.1, 0.15) is 4.32 Å². The second kappa shape index (κ2) is 8.30. The Labute approximate surface area is 172 Å². The van der Waals surface area contributed by atoms with Gasteiger partial charge in [-0.2, -0.15) is 0 Å². The van der Waals surface area contributed by atoms with Gasteiger partial charge in [0.25, 0.3) is 5.91 Å². The molecule has 1 aromatic carbocycles. The molecule has 2 amide bonds. The van der Waals surface area contributed by atoms with Crippen LogP contribution in [0.2, 0.25) is 5.02 Å². The third-order valence-corrected chi connectivity index (χ3v) is 7.56. The van der Waals surface area contributed by atoms with Crippen LogP contribution in [0, 0.1) is 0 Å². The number of sulfone groups is 1. The van der Waals surface area contributed by atoms with Crippen LogP contribution in [-0.4, -0.2) is 53.5 Å². The predicted molar refractivity (Wildman–Crippen MR) is 111 cm³/mol. The molecule has 1 unspecified atom stereocenters. The van der Waals surface area contributed by atoms with Gasteiger partial charge in [-0.1, -0.05) is 47.7 Å². The van der Waals surface area contributed by atoms with Crippen molar-refractivity contribution in [3.8, 4) is 0 Å². The summed E-state index contributed by atoms with van der Waals surface area (Å²) in [5.74, 6) is -0.463. The molecule has 2 aliphatic rings. The van der Waals surface area contributed by atoms with Crippen LogP contribution in [0.15, 0.2) is 29.2 Å². The number of hydrogen-bond donors (Lipinski definition) is 1. The Hall–Kier alpha value is -1.42. The molecule has 1 aromatic rings. The van der Waals surface area contributed by atoms with Crippen molar-refractivity contribution < 1.29 is 18.0 Å². The SMILES string of the molecule is O=C(CCN1C(=O)C(=Cc2cccc(Cl)c2)SC1=S)NC1CCS(=O)(=O)C1. The first kappa shape index (κ1) is 20.3. The van der Waals surface area contributed by atoms with Gasteiger partial charge in [-0.05, 0) is 30.2 Å². The largest absolute Gasteiger partial charge is 0.352 e. The van der Waals surface area contributed by atoms with Crippen LogP contribution in [0.5, 0.6) is 0 Å². The Kier molecular flexibility index (Phi) is 6.25. The third kappa shape index (κ3) is 5.31. The Bertz CT molecular complexity index is 930. The smallest absolute Gasteiger partial charge is 0.266 e. The van der Waals surface area contributed by atoms with Crippen molar-refractivity contribution in [1.29, 1.82) is 0 Å². The number of amides is 2. The molecule has 6 nitrogen and oxygen atoms in total. The van der Waals surface area contributed by atoms with E-state index in [-0.39, 0.29) is 42.3 Å². The fourth-order valence-corrected chi connectivity index (χ4v) is 6.04. The lowest BCUT2D eigenvalue weighted by atomic mass is 10.2. The van der Waals surface area contributed by atoms with Crippen molar-refractivity contribution in [1.82, 2.24) is 10.2 Å². The third-order valence-electron chi connectivity index (χ3n) is 4.18. The molecule has 3 rings (SSSR count). The van der Waals surface area contributed by atoms with E-state index in [1.165, 1.54) is 16.7 Å². The van der Waals surface area contributed by atoms with Crippen LogP contribution in [0.3, 0.4) is 0 Å². The maximum atomic E-state index is 12.6. The highest BCUT2D eigenvalue weighted by molar-refractivity contribution is 8.26. The highest BCUT2D eigenvalue weighted by atomic mass is 35.5. The second-order valence-corrected chi connectivity index (χ2v) is 10.6. The molecule has 2 aliphatic heterocycles. The summed E-state index contributed by atoms with van der Waals surface area (Å²) in [6.45, 7) is 0.156. The minimum absolute atomic E-state index is 0.0256. The van der Waals surface area contributed by atoms with E-state index in [1.807, 2.05) is 6.07 Å². The molecule has 2 saturated heterocycles. The van der Waals surface area contributed by atoms with Crippen molar-refractivity contribution in [3.05, 3.63) is 39.8 Å². The summed E-state index contributed by atoms with van der Waals surface area (Å²) in [7, 11) is -3.05. The normalized spacial score (nSPS) is 23.2. The van der Waals surface area contributed by atoms with Gasteiger partial charge in [0.2, 0.25) is 5.91 Å². The average Bonchev–Trinajstić information content (AvgIpc) is 3.05. The standard InChI is InChI=1S/C17H17ClN2O4S3/c18-12-3-1-2-11(8-12)9-14-16(22)20(17(25)26-14)6-4-15(21)19-13-5-7-27(23,24)10-13/h1-3,8-9,13H,4-7,10H2,(H,19,21). The van der Waals surface area contributed by atoms with Gasteiger partial charge in [-0.3, -0.25) is 14.5 Å². The fraction of sp³-hybridized carbons (Fsp3) is 0.353. The van der Waals surface area contributed by atoms with E-state index in [0.29, 0.717) is 20.7 Å². The van der Waals surface area contributed by atoms with Gasteiger partial charge < -0.3 is 5.32 Å². The number of nitrogens with zero attached hydrogens (tertiary/aromatic N) is 1. The summed E-state index contributed by atoms with van der Waals surface area (Å²) in [4.78, 5) is 26.5. The molecule has 1 N–H and O–H groups in total. The zero-order valence-electron chi connectivity index (χ0n) is 14.2. The lowest BCUT2D eigenvalue weighted by Gasteiger charge is -2.15. The summed E-state index contributed by atoms with van der Waals surface area (Å²) in [6, 6.07) is 6.77. The summed E-state index contributed by atoms with van der Waals surface area (Å²) >= 11 is 12.4. The van der Waals surface area contributed by atoms with Crippen molar-refractivity contribution >= 4 is 67.6 Å². The zero-order valence-corrected chi connectivity index (χ0v) is 17.4. The quantitative estimate of drug-likeness (QED) is 0.554. The Morgan fingerprint density at radius 3 is 2.89 bits per heavy atom. The highest BCUT2D eigenvalue weighted by Crippen LogP contribution is 2.32. The Morgan fingerprint density at radius 2 is 2.22 bits per heavy atom. The number of nitrogens with one attached hydrogen (secondary N) is 1. The number of rotatable bonds is 5. The van der Waals surface area contributed by atoms with E-state index in [9.17, 15) is 18.0 Å². The number of carbonyl (C=O) groups excluding carboxylic acids is 2. The van der Waals surface area contributed by atoms with Crippen LogP contribution in [0.25, 0.3) is 6.08 Å². The molecule has 0 radical (unpaired) electrons. The van der Waals surface area contributed by atoms with E-state index >= 15 is 0 Å². The first-order valence-electron chi connectivity index (χ1n) is 8.24. The summed E-state index contributed by atoms with van der Waals surface area (Å²) in [6.07, 6.45) is 2.21. The van der Waals surface area contributed by atoms with Gasteiger partial charge in [0, 0.05) is 24.0 Å². The molecule has 1 atom stereocenters. The van der Waals surface area contributed by atoms with Gasteiger partial charge in [0.15, 0.2) is 9.84 Å². The van der Waals surface area contributed by atoms with Crippen molar-refractivity contribution in [2.45, 2.75) is 18.9 Å². The summed E-state index contributed by atoms with van der Waals surface area (Å²) in [5, 5.41) is 3.28. The van der Waals surface area contributed by atoms with Crippen molar-refractivity contribution in [2.75, 3.05) is 18.1 Å². The van der Waals surface area contributed by atoms with Gasteiger partial charge >= 0.3 is 0 Å². The number of thiocarbonyl (C=S) groups is 1. The second-order valence-electron chi connectivity index (χ2n) is 6.31. The lowest BCUT2D eigenvalue weighted by molar-refractivity contribution is -0.124. The van der Waals surface area contributed by atoms with E-state index in [1.54, 1.807) is 24.3 Å². The average molecular weight is 445 g/mol. The first-order chi connectivity index (χ1) is 12.7. The zero-order chi connectivity index (χ0) is 19.6. The van der Waals surface area contributed by atoms with E-state index < -0.39 is 9.84 Å².